The summed E-state index contributed by atoms with van der Waals surface area (Å²) in [7, 11) is 0. The molecule has 2 aromatic rings. The minimum Gasteiger partial charge on any atom is -0.486 e. The number of ether oxygens (including phenoxy) is 3. The first-order valence-electron chi connectivity index (χ1n) is 8.68. The van der Waals surface area contributed by atoms with Gasteiger partial charge in [-0.3, -0.25) is 4.79 Å². The minimum absolute atomic E-state index is 0.384. The molecule has 0 aliphatic carbocycles. The largest absolute Gasteiger partial charge is 0.486 e. The smallest absolute Gasteiger partial charge is 0.331 e. The first-order chi connectivity index (χ1) is 13.0. The SMILES string of the molecule is Cc1ccccc1NC(=O)[C@@H](C)OC(=O)/C=C/c1ccc2c(c1)OCCO2. The summed E-state index contributed by atoms with van der Waals surface area (Å²) in [6.07, 6.45) is 1.97. The van der Waals surface area contributed by atoms with Crippen LogP contribution in [0.3, 0.4) is 0 Å². The Hall–Kier alpha value is -3.28. The molecule has 1 aliphatic rings. The number of carbonyl (C=O) groups is 2. The second-order valence-corrected chi connectivity index (χ2v) is 6.12. The number of aryl methyl sites for hydroxylation is 1. The summed E-state index contributed by atoms with van der Waals surface area (Å²) in [5.41, 5.74) is 2.40. The number of benzene rings is 2. The van der Waals surface area contributed by atoms with Gasteiger partial charge in [-0.25, -0.2) is 4.79 Å². The van der Waals surface area contributed by atoms with E-state index in [1.807, 2.05) is 31.2 Å². The number of hydrogen-bond acceptors (Lipinski definition) is 5. The molecule has 3 rings (SSSR count). The summed E-state index contributed by atoms with van der Waals surface area (Å²) < 4.78 is 16.1. The maximum Gasteiger partial charge on any atom is 0.331 e. The monoisotopic (exact) mass is 367 g/mol. The van der Waals surface area contributed by atoms with Gasteiger partial charge in [-0.1, -0.05) is 24.3 Å². The van der Waals surface area contributed by atoms with Gasteiger partial charge in [0.15, 0.2) is 17.6 Å². The van der Waals surface area contributed by atoms with Crippen LogP contribution in [0.1, 0.15) is 18.1 Å². The van der Waals surface area contributed by atoms with Crippen molar-refractivity contribution >= 4 is 23.6 Å². The van der Waals surface area contributed by atoms with Gasteiger partial charge in [0.25, 0.3) is 5.91 Å². The van der Waals surface area contributed by atoms with E-state index in [1.165, 1.54) is 13.0 Å². The van der Waals surface area contributed by atoms with Crippen molar-refractivity contribution in [2.45, 2.75) is 20.0 Å². The molecule has 0 saturated heterocycles. The lowest BCUT2D eigenvalue weighted by molar-refractivity contribution is -0.148. The molecule has 1 heterocycles. The van der Waals surface area contributed by atoms with Crippen LogP contribution in [0.2, 0.25) is 0 Å². The summed E-state index contributed by atoms with van der Waals surface area (Å²) in [6, 6.07) is 12.8. The van der Waals surface area contributed by atoms with Crippen molar-refractivity contribution in [3.05, 3.63) is 59.7 Å². The summed E-state index contributed by atoms with van der Waals surface area (Å²) in [4.78, 5) is 24.2. The third-order valence-corrected chi connectivity index (χ3v) is 4.04. The fourth-order valence-electron chi connectivity index (χ4n) is 2.54. The molecular formula is C21H21NO5. The van der Waals surface area contributed by atoms with Crippen LogP contribution >= 0.6 is 0 Å². The molecule has 0 spiro atoms. The molecule has 0 fully saturated rings. The fourth-order valence-corrected chi connectivity index (χ4v) is 2.54. The number of carbonyl (C=O) groups excluding carboxylic acids is 2. The Kier molecular flexibility index (Phi) is 5.76. The first-order valence-corrected chi connectivity index (χ1v) is 8.68. The van der Waals surface area contributed by atoms with Crippen molar-refractivity contribution in [1.29, 1.82) is 0 Å². The van der Waals surface area contributed by atoms with Gasteiger partial charge >= 0.3 is 5.97 Å². The highest BCUT2D eigenvalue weighted by atomic mass is 16.6. The van der Waals surface area contributed by atoms with E-state index in [0.717, 1.165) is 11.1 Å². The molecule has 140 valence electrons. The third kappa shape index (κ3) is 4.88. The fraction of sp³-hybridized carbons (Fsp3) is 0.238. The van der Waals surface area contributed by atoms with Gasteiger partial charge in [-0.15, -0.1) is 0 Å². The molecule has 0 radical (unpaired) electrons. The molecular weight excluding hydrogens is 346 g/mol. The van der Waals surface area contributed by atoms with Crippen LogP contribution in [0.25, 0.3) is 6.08 Å². The van der Waals surface area contributed by atoms with Gasteiger partial charge in [0.2, 0.25) is 0 Å². The molecule has 27 heavy (non-hydrogen) atoms. The van der Waals surface area contributed by atoms with Crippen molar-refractivity contribution in [3.8, 4) is 11.5 Å². The molecule has 0 bridgehead atoms. The number of para-hydroxylation sites is 1. The molecule has 0 unspecified atom stereocenters. The first kappa shape index (κ1) is 18.5. The van der Waals surface area contributed by atoms with Crippen molar-refractivity contribution in [1.82, 2.24) is 0 Å². The maximum absolute atomic E-state index is 12.2. The molecule has 2 aromatic carbocycles. The Bertz CT molecular complexity index is 875. The highest BCUT2D eigenvalue weighted by Gasteiger charge is 2.17. The van der Waals surface area contributed by atoms with Crippen LogP contribution in [0.4, 0.5) is 5.69 Å². The van der Waals surface area contributed by atoms with E-state index in [0.29, 0.717) is 30.4 Å². The molecule has 1 aliphatic heterocycles. The molecule has 0 saturated carbocycles. The zero-order valence-electron chi connectivity index (χ0n) is 15.2. The number of nitrogens with one attached hydrogen (secondary N) is 1. The van der Waals surface area contributed by atoms with Crippen LogP contribution in [0.15, 0.2) is 48.5 Å². The quantitative estimate of drug-likeness (QED) is 0.648. The van der Waals surface area contributed by atoms with Crippen LogP contribution in [0, 0.1) is 6.92 Å². The summed E-state index contributed by atoms with van der Waals surface area (Å²) in [5.74, 6) is 0.341. The Morgan fingerprint density at radius 2 is 1.85 bits per heavy atom. The number of rotatable bonds is 5. The number of anilines is 1. The van der Waals surface area contributed by atoms with Gasteiger partial charge in [-0.2, -0.15) is 0 Å². The Morgan fingerprint density at radius 3 is 2.63 bits per heavy atom. The normalized spacial score (nSPS) is 13.9. The van der Waals surface area contributed by atoms with E-state index < -0.39 is 12.1 Å². The highest BCUT2D eigenvalue weighted by Crippen LogP contribution is 2.31. The molecule has 1 atom stereocenters. The van der Waals surface area contributed by atoms with E-state index in [-0.39, 0.29) is 5.91 Å². The second-order valence-electron chi connectivity index (χ2n) is 6.12. The van der Waals surface area contributed by atoms with Gasteiger partial charge in [0.05, 0.1) is 0 Å². The van der Waals surface area contributed by atoms with E-state index in [9.17, 15) is 9.59 Å². The lowest BCUT2D eigenvalue weighted by atomic mass is 10.2. The maximum atomic E-state index is 12.2. The van der Waals surface area contributed by atoms with Crippen LogP contribution < -0.4 is 14.8 Å². The van der Waals surface area contributed by atoms with Gasteiger partial charge in [0, 0.05) is 11.8 Å². The van der Waals surface area contributed by atoms with Gasteiger partial charge in [0.1, 0.15) is 13.2 Å². The standard InChI is InChI=1S/C21H21NO5/c1-14-5-3-4-6-17(14)22-21(24)15(2)27-20(23)10-8-16-7-9-18-19(13-16)26-12-11-25-18/h3-10,13,15H,11-12H2,1-2H3,(H,22,24)/b10-8+/t15-/m1/s1. The van der Waals surface area contributed by atoms with E-state index >= 15 is 0 Å². The number of hydrogen-bond donors (Lipinski definition) is 1. The Morgan fingerprint density at radius 1 is 1.11 bits per heavy atom. The van der Waals surface area contributed by atoms with Crippen LogP contribution in [0.5, 0.6) is 11.5 Å². The second kappa shape index (κ2) is 8.40. The van der Waals surface area contributed by atoms with Crippen molar-refractivity contribution in [2.75, 3.05) is 18.5 Å². The zero-order chi connectivity index (χ0) is 19.2. The molecule has 0 aromatic heterocycles. The molecule has 6 nitrogen and oxygen atoms in total. The van der Waals surface area contributed by atoms with Crippen molar-refractivity contribution in [3.63, 3.8) is 0 Å². The number of esters is 1. The summed E-state index contributed by atoms with van der Waals surface area (Å²) >= 11 is 0. The lowest BCUT2D eigenvalue weighted by Gasteiger charge is -2.18. The summed E-state index contributed by atoms with van der Waals surface area (Å²) in [6.45, 7) is 4.44. The van der Waals surface area contributed by atoms with E-state index in [4.69, 9.17) is 14.2 Å². The van der Waals surface area contributed by atoms with Gasteiger partial charge < -0.3 is 19.5 Å². The Balaban J connectivity index is 1.56. The predicted molar refractivity (Wildman–Crippen MR) is 102 cm³/mol. The zero-order valence-corrected chi connectivity index (χ0v) is 15.2. The summed E-state index contributed by atoms with van der Waals surface area (Å²) in [5, 5.41) is 2.75. The molecule has 6 heteroatoms. The van der Waals surface area contributed by atoms with Crippen LogP contribution in [-0.2, 0) is 14.3 Å². The molecule has 1 amide bonds. The number of fused-ring (bicyclic) bond motifs is 1. The third-order valence-electron chi connectivity index (χ3n) is 4.04. The van der Waals surface area contributed by atoms with Crippen molar-refractivity contribution in [2.24, 2.45) is 0 Å². The predicted octanol–water partition coefficient (Wildman–Crippen LogP) is 3.35. The van der Waals surface area contributed by atoms with E-state index in [2.05, 4.69) is 5.32 Å². The minimum atomic E-state index is -0.915. The average molecular weight is 367 g/mol. The van der Waals surface area contributed by atoms with Gasteiger partial charge in [-0.05, 0) is 49.2 Å². The van der Waals surface area contributed by atoms with Crippen LogP contribution in [-0.4, -0.2) is 31.2 Å². The highest BCUT2D eigenvalue weighted by molar-refractivity contribution is 5.97. The Labute approximate surface area is 157 Å². The lowest BCUT2D eigenvalue weighted by Crippen LogP contribution is -2.29. The number of amides is 1. The van der Waals surface area contributed by atoms with Crippen molar-refractivity contribution < 1.29 is 23.8 Å². The topological polar surface area (TPSA) is 73.9 Å². The average Bonchev–Trinajstić information content (AvgIpc) is 2.68. The van der Waals surface area contributed by atoms with E-state index in [1.54, 1.807) is 24.3 Å². The molecule has 1 N–H and O–H groups in total.